The first kappa shape index (κ1) is 24.6. The molecule has 1 aliphatic rings. The van der Waals surface area contributed by atoms with Crippen molar-refractivity contribution < 1.29 is 14.7 Å². The highest BCUT2D eigenvalue weighted by Gasteiger charge is 2.35. The molecule has 2 aromatic carbocycles. The van der Waals surface area contributed by atoms with Gasteiger partial charge in [-0.2, -0.15) is 0 Å². The number of nitrogens with one attached hydrogen (secondary N) is 1. The van der Waals surface area contributed by atoms with Crippen molar-refractivity contribution in [3.63, 3.8) is 0 Å². The molecule has 1 heterocycles. The summed E-state index contributed by atoms with van der Waals surface area (Å²) in [7, 11) is 4.00. The zero-order chi connectivity index (χ0) is 24.3. The number of phenolic OH excluding ortho intramolecular Hbond substituents is 1. The van der Waals surface area contributed by atoms with Gasteiger partial charge in [-0.1, -0.05) is 25.8 Å². The Bertz CT molecular complexity index is 1050. The first-order valence-corrected chi connectivity index (χ1v) is 11.8. The first-order valence-electron chi connectivity index (χ1n) is 11.8. The van der Waals surface area contributed by atoms with E-state index in [9.17, 15) is 14.7 Å². The molecular formula is C27H37N3O3. The number of carbonyl (C=O) groups is 2. The van der Waals surface area contributed by atoms with Gasteiger partial charge < -0.3 is 20.2 Å². The summed E-state index contributed by atoms with van der Waals surface area (Å²) in [6.45, 7) is 8.10. The van der Waals surface area contributed by atoms with Gasteiger partial charge in [-0.05, 0) is 73.2 Å². The van der Waals surface area contributed by atoms with Crippen LogP contribution in [0.15, 0.2) is 24.3 Å². The standard InChI is InChI=1S/C27H37N3O3/c1-7-8-9-10-25(31)30-16-21-14-22(29(5)6)12-11-20(21)15-24(30)27(33)28-23-13-17(2)26(32)19(4)18(23)3/h11-14,24,32H,7-10,15-16H2,1-6H3,(H,28,33)/t24-/m0/s1. The molecule has 178 valence electrons. The maximum Gasteiger partial charge on any atom is 0.247 e. The van der Waals surface area contributed by atoms with Gasteiger partial charge in [0.05, 0.1) is 0 Å². The predicted octanol–water partition coefficient (Wildman–Crippen LogP) is 4.86. The van der Waals surface area contributed by atoms with Gasteiger partial charge in [-0.3, -0.25) is 9.59 Å². The fourth-order valence-electron chi connectivity index (χ4n) is 4.43. The van der Waals surface area contributed by atoms with Crippen LogP contribution in [0.2, 0.25) is 0 Å². The normalized spacial score (nSPS) is 15.2. The number of unbranched alkanes of at least 4 members (excludes halogenated alkanes) is 2. The van der Waals surface area contributed by atoms with Crippen LogP contribution in [-0.4, -0.2) is 42.0 Å². The van der Waals surface area contributed by atoms with Gasteiger partial charge >= 0.3 is 0 Å². The van der Waals surface area contributed by atoms with Crippen LogP contribution in [0, 0.1) is 20.8 Å². The fourth-order valence-corrected chi connectivity index (χ4v) is 4.43. The third kappa shape index (κ3) is 5.32. The summed E-state index contributed by atoms with van der Waals surface area (Å²) >= 11 is 0. The smallest absolute Gasteiger partial charge is 0.247 e. The number of hydrogen-bond donors (Lipinski definition) is 2. The van der Waals surface area contributed by atoms with E-state index < -0.39 is 6.04 Å². The van der Waals surface area contributed by atoms with E-state index in [1.54, 1.807) is 11.0 Å². The summed E-state index contributed by atoms with van der Waals surface area (Å²) < 4.78 is 0. The number of rotatable bonds is 7. The van der Waals surface area contributed by atoms with Gasteiger partial charge in [0.1, 0.15) is 11.8 Å². The Morgan fingerprint density at radius 2 is 1.82 bits per heavy atom. The molecule has 0 spiro atoms. The van der Waals surface area contributed by atoms with E-state index in [2.05, 4.69) is 30.4 Å². The van der Waals surface area contributed by atoms with Crippen LogP contribution in [-0.2, 0) is 22.6 Å². The van der Waals surface area contributed by atoms with Gasteiger partial charge in [0.2, 0.25) is 11.8 Å². The van der Waals surface area contributed by atoms with Crippen molar-refractivity contribution in [2.24, 2.45) is 0 Å². The van der Waals surface area contributed by atoms with Crippen LogP contribution >= 0.6 is 0 Å². The molecule has 0 fully saturated rings. The molecule has 2 N–H and O–H groups in total. The van der Waals surface area contributed by atoms with Crippen LogP contribution in [0.5, 0.6) is 5.75 Å². The number of anilines is 2. The summed E-state index contributed by atoms with van der Waals surface area (Å²) in [6, 6.07) is 7.48. The number of aryl methyl sites for hydroxylation is 1. The third-order valence-electron chi connectivity index (χ3n) is 6.77. The lowest BCUT2D eigenvalue weighted by molar-refractivity contribution is -0.140. The molecule has 0 bridgehead atoms. The van der Waals surface area contributed by atoms with Gasteiger partial charge in [0.15, 0.2) is 0 Å². The molecule has 0 radical (unpaired) electrons. The van der Waals surface area contributed by atoms with E-state index in [-0.39, 0.29) is 17.6 Å². The minimum absolute atomic E-state index is 0.0271. The third-order valence-corrected chi connectivity index (χ3v) is 6.77. The monoisotopic (exact) mass is 451 g/mol. The number of aromatic hydroxyl groups is 1. The van der Waals surface area contributed by atoms with Crippen LogP contribution < -0.4 is 10.2 Å². The summed E-state index contributed by atoms with van der Waals surface area (Å²) in [5, 5.41) is 13.3. The summed E-state index contributed by atoms with van der Waals surface area (Å²) in [6.07, 6.45) is 3.83. The average molecular weight is 452 g/mol. The van der Waals surface area contributed by atoms with Crippen molar-refractivity contribution >= 4 is 23.2 Å². The second-order valence-electron chi connectivity index (χ2n) is 9.37. The zero-order valence-corrected chi connectivity index (χ0v) is 20.8. The Morgan fingerprint density at radius 3 is 2.48 bits per heavy atom. The second-order valence-corrected chi connectivity index (χ2v) is 9.37. The van der Waals surface area contributed by atoms with E-state index in [4.69, 9.17) is 0 Å². The molecule has 6 heteroatoms. The molecule has 1 aliphatic heterocycles. The highest BCUT2D eigenvalue weighted by atomic mass is 16.3. The molecule has 0 saturated carbocycles. The molecule has 0 aromatic heterocycles. The zero-order valence-electron chi connectivity index (χ0n) is 20.8. The number of nitrogens with zero attached hydrogens (tertiary/aromatic N) is 2. The molecule has 2 aromatic rings. The Hall–Kier alpha value is -3.02. The van der Waals surface area contributed by atoms with Crippen molar-refractivity contribution in [2.45, 2.75) is 72.4 Å². The van der Waals surface area contributed by atoms with Crippen molar-refractivity contribution in [1.29, 1.82) is 0 Å². The minimum atomic E-state index is -0.564. The average Bonchev–Trinajstić information content (AvgIpc) is 2.79. The molecule has 0 unspecified atom stereocenters. The number of carbonyl (C=O) groups excluding carboxylic acids is 2. The van der Waals surface area contributed by atoms with Crippen molar-refractivity contribution in [3.8, 4) is 5.75 Å². The maximum atomic E-state index is 13.5. The summed E-state index contributed by atoms with van der Waals surface area (Å²) in [4.78, 5) is 30.5. The van der Waals surface area contributed by atoms with Crippen LogP contribution in [0.3, 0.4) is 0 Å². The molecule has 3 rings (SSSR count). The number of fused-ring (bicyclic) bond motifs is 1. The topological polar surface area (TPSA) is 72.9 Å². The molecule has 2 amide bonds. The Kier molecular flexibility index (Phi) is 7.67. The minimum Gasteiger partial charge on any atom is -0.507 e. The van der Waals surface area contributed by atoms with Crippen LogP contribution in [0.25, 0.3) is 0 Å². The Balaban J connectivity index is 1.91. The molecule has 0 saturated heterocycles. The number of phenols is 1. The Labute approximate surface area is 197 Å². The fraction of sp³-hybridized carbons (Fsp3) is 0.481. The van der Waals surface area contributed by atoms with E-state index in [1.807, 2.05) is 39.8 Å². The van der Waals surface area contributed by atoms with Crippen molar-refractivity contribution in [1.82, 2.24) is 4.90 Å². The van der Waals surface area contributed by atoms with Gasteiger partial charge in [-0.25, -0.2) is 0 Å². The summed E-state index contributed by atoms with van der Waals surface area (Å²) in [5.41, 5.74) is 6.27. The molecular weight excluding hydrogens is 414 g/mol. The van der Waals surface area contributed by atoms with E-state index >= 15 is 0 Å². The molecule has 0 aliphatic carbocycles. The van der Waals surface area contributed by atoms with Gasteiger partial charge in [0.25, 0.3) is 0 Å². The lowest BCUT2D eigenvalue weighted by atomic mass is 9.92. The predicted molar refractivity (Wildman–Crippen MR) is 134 cm³/mol. The number of benzene rings is 2. The molecule has 6 nitrogen and oxygen atoms in total. The quantitative estimate of drug-likeness (QED) is 0.466. The summed E-state index contributed by atoms with van der Waals surface area (Å²) in [5.74, 6) is 0.0922. The van der Waals surface area contributed by atoms with Gasteiger partial charge in [-0.15, -0.1) is 0 Å². The number of amides is 2. The first-order chi connectivity index (χ1) is 15.6. The highest BCUT2D eigenvalue weighted by molar-refractivity contribution is 5.98. The van der Waals surface area contributed by atoms with Crippen molar-refractivity contribution in [2.75, 3.05) is 24.3 Å². The maximum absolute atomic E-state index is 13.5. The highest BCUT2D eigenvalue weighted by Crippen LogP contribution is 2.32. The molecule has 1 atom stereocenters. The second kappa shape index (κ2) is 10.3. The van der Waals surface area contributed by atoms with E-state index in [0.717, 1.165) is 47.2 Å². The SMILES string of the molecule is CCCCCC(=O)N1Cc2cc(N(C)C)ccc2C[C@H]1C(=O)Nc1cc(C)c(O)c(C)c1C. The lowest BCUT2D eigenvalue weighted by Gasteiger charge is -2.37. The van der Waals surface area contributed by atoms with E-state index in [1.165, 1.54) is 0 Å². The van der Waals surface area contributed by atoms with E-state index in [0.29, 0.717) is 30.6 Å². The molecule has 33 heavy (non-hydrogen) atoms. The van der Waals surface area contributed by atoms with Crippen LogP contribution in [0.1, 0.15) is 60.4 Å². The van der Waals surface area contributed by atoms with Crippen molar-refractivity contribution in [3.05, 3.63) is 52.1 Å². The number of hydrogen-bond acceptors (Lipinski definition) is 4. The largest absolute Gasteiger partial charge is 0.507 e. The van der Waals surface area contributed by atoms with Gasteiger partial charge in [0, 0.05) is 44.9 Å². The Morgan fingerprint density at radius 1 is 1.09 bits per heavy atom. The lowest BCUT2D eigenvalue weighted by Crippen LogP contribution is -2.50. The van der Waals surface area contributed by atoms with Crippen LogP contribution in [0.4, 0.5) is 11.4 Å².